The Bertz CT molecular complexity index is 1800. The molecule has 17 heteroatoms. The lowest BCUT2D eigenvalue weighted by Gasteiger charge is -2.56. The number of thioether (sulfide) groups is 2. The highest BCUT2D eigenvalue weighted by atomic mass is 32.2. The molecule has 1 aliphatic carbocycles. The fourth-order valence-corrected chi connectivity index (χ4v) is 8.14. The standard InChI is InChI=1S/C29H27FN6O8S2/c1-35-28(32-33-34-35)46-13-16-12-45-27-29(43-2,26(42)36(27)22(16)24(39)40)31-23(38)21(19-9-7-17(37)11-20(19)30)25(41)44-18-8-6-14-4-3-5-15(14)10-18/h6-11,21,27,37H,3-5,12-13H2,1-2H3,(H,31,38)(H,39,40)/t21?,27-,29+/m1/s1. The molecule has 1 saturated heterocycles. The van der Waals surface area contributed by atoms with Gasteiger partial charge in [-0.2, -0.15) is 0 Å². The summed E-state index contributed by atoms with van der Waals surface area (Å²) in [4.78, 5) is 54.5. The number of aromatic nitrogens is 4. The van der Waals surface area contributed by atoms with Crippen molar-refractivity contribution in [3.63, 3.8) is 0 Å². The molecule has 3 N–H and O–H groups in total. The molecule has 1 unspecified atom stereocenters. The van der Waals surface area contributed by atoms with Gasteiger partial charge in [0.05, 0.1) is 0 Å². The van der Waals surface area contributed by atoms with E-state index in [0.29, 0.717) is 10.7 Å². The number of carbonyl (C=O) groups is 4. The molecule has 3 atom stereocenters. The van der Waals surface area contributed by atoms with E-state index in [1.165, 1.54) is 16.4 Å². The number of halogens is 1. The zero-order valence-corrected chi connectivity index (χ0v) is 26.1. The van der Waals surface area contributed by atoms with Gasteiger partial charge >= 0.3 is 11.9 Å². The van der Waals surface area contributed by atoms with Gasteiger partial charge in [-0.25, -0.2) is 13.9 Å². The maximum Gasteiger partial charge on any atom is 0.352 e. The molecule has 2 aliphatic heterocycles. The average molecular weight is 671 g/mol. The number of carboxylic acid groups (broad SMARTS) is 1. The van der Waals surface area contributed by atoms with Gasteiger partial charge < -0.3 is 25.0 Å². The van der Waals surface area contributed by atoms with Crippen LogP contribution < -0.4 is 10.1 Å². The Labute approximate surface area is 269 Å². The monoisotopic (exact) mass is 670 g/mol. The van der Waals surface area contributed by atoms with E-state index in [9.17, 15) is 29.4 Å². The molecule has 2 aromatic carbocycles. The van der Waals surface area contributed by atoms with Crippen molar-refractivity contribution in [2.75, 3.05) is 18.6 Å². The maximum atomic E-state index is 15.1. The lowest BCUT2D eigenvalue weighted by atomic mass is 9.93. The van der Waals surface area contributed by atoms with Crippen molar-refractivity contribution >= 4 is 47.3 Å². The Balaban J connectivity index is 1.27. The van der Waals surface area contributed by atoms with Crippen LogP contribution in [0.25, 0.3) is 0 Å². The normalized spacial score (nSPS) is 20.9. The quantitative estimate of drug-likeness (QED) is 0.0708. The molecule has 3 aliphatic rings. The van der Waals surface area contributed by atoms with E-state index in [-0.39, 0.29) is 23.0 Å². The first kappa shape index (κ1) is 31.5. The van der Waals surface area contributed by atoms with Gasteiger partial charge in [0.2, 0.25) is 11.1 Å². The summed E-state index contributed by atoms with van der Waals surface area (Å²) < 4.78 is 27.6. The molecule has 14 nitrogen and oxygen atoms in total. The number of aryl methyl sites for hydroxylation is 3. The second-order valence-corrected chi connectivity index (χ2v) is 12.8. The predicted octanol–water partition coefficient (Wildman–Crippen LogP) is 1.74. The molecule has 1 aromatic heterocycles. The lowest BCUT2D eigenvalue weighted by Crippen LogP contribution is -2.81. The summed E-state index contributed by atoms with van der Waals surface area (Å²) in [5.74, 6) is -7.41. The van der Waals surface area contributed by atoms with Crippen molar-refractivity contribution < 1.29 is 43.3 Å². The fourth-order valence-electron chi connectivity index (χ4n) is 5.72. The number of ether oxygens (including phenoxy) is 2. The molecule has 6 rings (SSSR count). The van der Waals surface area contributed by atoms with Crippen LogP contribution in [-0.2, 0) is 43.8 Å². The summed E-state index contributed by atoms with van der Waals surface area (Å²) in [6, 6.07) is 8.04. The Hall–Kier alpha value is -4.48. The Kier molecular flexibility index (Phi) is 8.47. The van der Waals surface area contributed by atoms with Gasteiger partial charge in [0.1, 0.15) is 28.4 Å². The zero-order chi connectivity index (χ0) is 32.7. The maximum absolute atomic E-state index is 15.1. The van der Waals surface area contributed by atoms with E-state index in [4.69, 9.17) is 9.47 Å². The van der Waals surface area contributed by atoms with Crippen molar-refractivity contribution in [1.29, 1.82) is 0 Å². The summed E-state index contributed by atoms with van der Waals surface area (Å²) in [7, 11) is 2.79. The average Bonchev–Trinajstić information content (AvgIpc) is 3.67. The minimum atomic E-state index is -2.08. The van der Waals surface area contributed by atoms with Gasteiger partial charge in [0, 0.05) is 37.3 Å². The highest BCUT2D eigenvalue weighted by Gasteiger charge is 2.67. The molecule has 46 heavy (non-hydrogen) atoms. The van der Waals surface area contributed by atoms with Crippen LogP contribution >= 0.6 is 23.5 Å². The zero-order valence-electron chi connectivity index (χ0n) is 24.4. The first-order valence-corrected chi connectivity index (χ1v) is 16.0. The van der Waals surface area contributed by atoms with E-state index in [1.807, 2.05) is 6.07 Å². The minimum absolute atomic E-state index is 0.158. The summed E-state index contributed by atoms with van der Waals surface area (Å²) in [6.45, 7) is 0. The SMILES string of the molecule is CO[C@@]1(NC(=O)C(C(=O)Oc2ccc3c(c2)CCC3)c2ccc(O)cc2F)C(=O)N2C(C(=O)O)=C(CSc3nnnn3C)CS[C@@H]21. The third-order valence-corrected chi connectivity index (χ3v) is 10.5. The molecule has 0 radical (unpaired) electrons. The van der Waals surface area contributed by atoms with Gasteiger partial charge in [-0.15, -0.1) is 16.9 Å². The lowest BCUT2D eigenvalue weighted by molar-refractivity contribution is -0.193. The van der Waals surface area contributed by atoms with Crippen molar-refractivity contribution in [1.82, 2.24) is 30.4 Å². The van der Waals surface area contributed by atoms with Crippen molar-refractivity contribution in [2.45, 2.75) is 41.4 Å². The van der Waals surface area contributed by atoms with Gasteiger partial charge in [-0.1, -0.05) is 23.9 Å². The number of fused-ring (bicyclic) bond motifs is 2. The van der Waals surface area contributed by atoms with E-state index < -0.39 is 57.9 Å². The number of nitrogens with zero attached hydrogens (tertiary/aromatic N) is 5. The van der Waals surface area contributed by atoms with Gasteiger partial charge in [0.15, 0.2) is 5.92 Å². The number of phenolic OH excluding ortho intramolecular Hbond substituents is 1. The Morgan fingerprint density at radius 2 is 2.00 bits per heavy atom. The number of β-lactam (4-membered cyclic amide) rings is 1. The number of carbonyl (C=O) groups excluding carboxylic acids is 3. The largest absolute Gasteiger partial charge is 0.508 e. The van der Waals surface area contributed by atoms with Crippen LogP contribution in [0.4, 0.5) is 4.39 Å². The molecule has 2 amide bonds. The second-order valence-electron chi connectivity index (χ2n) is 10.7. The molecule has 240 valence electrons. The Morgan fingerprint density at radius 1 is 1.22 bits per heavy atom. The number of benzene rings is 2. The molecule has 3 heterocycles. The van der Waals surface area contributed by atoms with Crippen LogP contribution in [0.15, 0.2) is 52.8 Å². The number of rotatable bonds is 10. The molecule has 0 saturated carbocycles. The summed E-state index contributed by atoms with van der Waals surface area (Å²) in [6.07, 6.45) is 2.66. The van der Waals surface area contributed by atoms with Crippen molar-refractivity contribution in [3.8, 4) is 11.5 Å². The predicted molar refractivity (Wildman–Crippen MR) is 160 cm³/mol. The minimum Gasteiger partial charge on any atom is -0.508 e. The number of carboxylic acids is 1. The van der Waals surface area contributed by atoms with Crippen LogP contribution in [0.2, 0.25) is 0 Å². The number of aromatic hydroxyl groups is 1. The highest BCUT2D eigenvalue weighted by molar-refractivity contribution is 8.01. The highest BCUT2D eigenvalue weighted by Crippen LogP contribution is 2.47. The van der Waals surface area contributed by atoms with E-state index in [0.717, 1.165) is 72.4 Å². The van der Waals surface area contributed by atoms with E-state index in [2.05, 4.69) is 20.8 Å². The van der Waals surface area contributed by atoms with Gasteiger partial charge in [-0.3, -0.25) is 19.3 Å². The van der Waals surface area contributed by atoms with Gasteiger partial charge in [-0.05, 0) is 64.6 Å². The Morgan fingerprint density at radius 3 is 2.70 bits per heavy atom. The number of hydrogen-bond donors (Lipinski definition) is 3. The molecular weight excluding hydrogens is 643 g/mol. The number of hydrogen-bond acceptors (Lipinski definition) is 12. The number of phenols is 1. The number of amides is 2. The number of nitrogens with one attached hydrogen (secondary N) is 1. The second kappa shape index (κ2) is 12.4. The summed E-state index contributed by atoms with van der Waals surface area (Å²) in [5.41, 5.74) is -0.197. The number of methoxy groups -OCH3 is 1. The molecular formula is C29H27FN6O8S2. The van der Waals surface area contributed by atoms with Crippen molar-refractivity contribution in [3.05, 3.63) is 70.2 Å². The third kappa shape index (κ3) is 5.47. The van der Waals surface area contributed by atoms with Crippen LogP contribution in [0.3, 0.4) is 0 Å². The van der Waals surface area contributed by atoms with Crippen LogP contribution in [0.5, 0.6) is 11.5 Å². The van der Waals surface area contributed by atoms with E-state index >= 15 is 4.39 Å². The summed E-state index contributed by atoms with van der Waals surface area (Å²) in [5, 5.41) is 32.9. The van der Waals surface area contributed by atoms with Crippen molar-refractivity contribution in [2.24, 2.45) is 7.05 Å². The number of aliphatic carboxylic acids is 1. The van der Waals surface area contributed by atoms with E-state index in [1.54, 1.807) is 19.2 Å². The number of esters is 1. The topological polar surface area (TPSA) is 186 Å². The first-order valence-electron chi connectivity index (χ1n) is 14.0. The number of tetrazole rings is 1. The molecule has 0 bridgehead atoms. The smallest absolute Gasteiger partial charge is 0.352 e. The molecule has 1 fully saturated rings. The summed E-state index contributed by atoms with van der Waals surface area (Å²) >= 11 is 2.33. The first-order chi connectivity index (χ1) is 22.0. The van der Waals surface area contributed by atoms with Crippen LogP contribution in [-0.4, -0.2) is 88.8 Å². The van der Waals surface area contributed by atoms with Crippen LogP contribution in [0.1, 0.15) is 29.0 Å². The third-order valence-electron chi connectivity index (χ3n) is 7.98. The molecule has 0 spiro atoms. The van der Waals surface area contributed by atoms with Crippen LogP contribution in [0, 0.1) is 5.82 Å². The molecule has 3 aromatic rings. The fraction of sp³-hybridized carbons (Fsp3) is 0.345. The van der Waals surface area contributed by atoms with Gasteiger partial charge in [0.25, 0.3) is 11.6 Å².